The van der Waals surface area contributed by atoms with Gasteiger partial charge < -0.3 is 15.0 Å². The van der Waals surface area contributed by atoms with Crippen molar-refractivity contribution in [3.63, 3.8) is 0 Å². The normalized spacial score (nSPS) is 14.4. The van der Waals surface area contributed by atoms with Crippen molar-refractivity contribution in [3.8, 4) is 34.4 Å². The number of aromatic nitrogens is 4. The van der Waals surface area contributed by atoms with Gasteiger partial charge in [-0.1, -0.05) is 12.1 Å². The Balaban J connectivity index is 1.55. The van der Waals surface area contributed by atoms with Crippen molar-refractivity contribution in [2.24, 2.45) is 0 Å². The Morgan fingerprint density at radius 3 is 2.47 bits per heavy atom. The molecule has 1 saturated heterocycles. The third-order valence-corrected chi connectivity index (χ3v) is 5.49. The van der Waals surface area contributed by atoms with Crippen molar-refractivity contribution in [1.82, 2.24) is 25.3 Å². The van der Waals surface area contributed by atoms with E-state index in [9.17, 15) is 8.78 Å². The topological polar surface area (TPSA) is 75.7 Å². The first-order valence-electron chi connectivity index (χ1n) is 10.5. The molecular formula is C24H21F2N5O. The summed E-state index contributed by atoms with van der Waals surface area (Å²) in [7, 11) is 0. The van der Waals surface area contributed by atoms with Gasteiger partial charge in [0.05, 0.1) is 17.1 Å². The van der Waals surface area contributed by atoms with E-state index in [1.165, 1.54) is 24.3 Å². The number of rotatable bonds is 5. The van der Waals surface area contributed by atoms with Crippen LogP contribution >= 0.6 is 0 Å². The Bertz CT molecular complexity index is 1220. The fourth-order valence-corrected chi connectivity index (χ4v) is 3.84. The lowest BCUT2D eigenvalue weighted by Gasteiger charge is -2.20. The quantitative estimate of drug-likeness (QED) is 0.460. The van der Waals surface area contributed by atoms with Crippen LogP contribution in [0.4, 0.5) is 8.78 Å². The number of nitrogens with zero attached hydrogens (tertiary/aromatic N) is 3. The van der Waals surface area contributed by atoms with E-state index in [0.717, 1.165) is 37.3 Å². The van der Waals surface area contributed by atoms with Crippen LogP contribution in [0.5, 0.6) is 11.8 Å². The molecule has 0 radical (unpaired) electrons. The van der Waals surface area contributed by atoms with Gasteiger partial charge in [-0.05, 0) is 68.4 Å². The fraction of sp³-hybridized carbons (Fsp3) is 0.208. The molecule has 0 saturated carbocycles. The van der Waals surface area contributed by atoms with Gasteiger partial charge in [0, 0.05) is 17.7 Å². The molecule has 5 rings (SSSR count). The number of piperidine rings is 1. The second-order valence-electron chi connectivity index (χ2n) is 7.63. The predicted octanol–water partition coefficient (Wildman–Crippen LogP) is 5.07. The van der Waals surface area contributed by atoms with E-state index in [4.69, 9.17) is 9.72 Å². The minimum atomic E-state index is -0.497. The van der Waals surface area contributed by atoms with Crippen LogP contribution in [0.3, 0.4) is 0 Å². The van der Waals surface area contributed by atoms with Crippen LogP contribution in [0.25, 0.3) is 22.6 Å². The maximum Gasteiger partial charge on any atom is 0.322 e. The highest BCUT2D eigenvalue weighted by Crippen LogP contribution is 2.34. The van der Waals surface area contributed by atoms with Crippen molar-refractivity contribution in [2.45, 2.75) is 18.8 Å². The Hall–Kier alpha value is -3.65. The number of aromatic amines is 1. The molecule has 1 fully saturated rings. The summed E-state index contributed by atoms with van der Waals surface area (Å²) >= 11 is 0. The number of hydrogen-bond donors (Lipinski definition) is 2. The fourth-order valence-electron chi connectivity index (χ4n) is 3.84. The van der Waals surface area contributed by atoms with E-state index in [2.05, 4.69) is 20.3 Å². The zero-order valence-corrected chi connectivity index (χ0v) is 17.2. The zero-order valence-electron chi connectivity index (χ0n) is 17.2. The van der Waals surface area contributed by atoms with Crippen LogP contribution in [0.2, 0.25) is 0 Å². The van der Waals surface area contributed by atoms with E-state index in [-0.39, 0.29) is 17.6 Å². The van der Waals surface area contributed by atoms with Crippen LogP contribution in [-0.2, 0) is 0 Å². The SMILES string of the molecule is Fc1ccc(-c2nc(C3CCNCC3)[nH]c2-c2ccnc(Oc3ccccc3F)n2)cc1. The highest BCUT2D eigenvalue weighted by Gasteiger charge is 2.23. The molecule has 2 aromatic carbocycles. The first-order chi connectivity index (χ1) is 15.7. The number of imidazole rings is 1. The molecule has 0 amide bonds. The minimum Gasteiger partial charge on any atom is -0.421 e. The molecule has 0 spiro atoms. The van der Waals surface area contributed by atoms with E-state index < -0.39 is 5.82 Å². The molecule has 4 aromatic rings. The van der Waals surface area contributed by atoms with Crippen LogP contribution in [0, 0.1) is 11.6 Å². The van der Waals surface area contributed by atoms with Gasteiger partial charge in [-0.25, -0.2) is 18.7 Å². The molecule has 2 N–H and O–H groups in total. The summed E-state index contributed by atoms with van der Waals surface area (Å²) in [4.78, 5) is 16.9. The average Bonchev–Trinajstić information content (AvgIpc) is 3.27. The minimum absolute atomic E-state index is 0.0238. The lowest BCUT2D eigenvalue weighted by Crippen LogP contribution is -2.27. The van der Waals surface area contributed by atoms with Crippen molar-refractivity contribution in [3.05, 3.63) is 78.3 Å². The summed E-state index contributed by atoms with van der Waals surface area (Å²) in [5.74, 6) is 0.398. The van der Waals surface area contributed by atoms with Gasteiger partial charge in [0.15, 0.2) is 11.6 Å². The van der Waals surface area contributed by atoms with E-state index in [0.29, 0.717) is 23.0 Å². The van der Waals surface area contributed by atoms with E-state index in [1.54, 1.807) is 36.5 Å². The lowest BCUT2D eigenvalue weighted by atomic mass is 9.98. The third-order valence-electron chi connectivity index (χ3n) is 5.49. The molecule has 32 heavy (non-hydrogen) atoms. The molecule has 8 heteroatoms. The Morgan fingerprint density at radius 2 is 1.69 bits per heavy atom. The molecule has 3 heterocycles. The van der Waals surface area contributed by atoms with Crippen LogP contribution in [0.15, 0.2) is 60.8 Å². The Kier molecular flexibility index (Phi) is 5.60. The van der Waals surface area contributed by atoms with Gasteiger partial charge in [-0.3, -0.25) is 0 Å². The van der Waals surface area contributed by atoms with E-state index >= 15 is 0 Å². The largest absolute Gasteiger partial charge is 0.421 e. The van der Waals surface area contributed by atoms with Crippen LogP contribution in [-0.4, -0.2) is 33.0 Å². The van der Waals surface area contributed by atoms with Crippen molar-refractivity contribution in [1.29, 1.82) is 0 Å². The predicted molar refractivity (Wildman–Crippen MR) is 116 cm³/mol. The first kappa shape index (κ1) is 20.3. The highest BCUT2D eigenvalue weighted by molar-refractivity contribution is 5.76. The molecule has 0 aliphatic carbocycles. The highest BCUT2D eigenvalue weighted by atomic mass is 19.1. The second-order valence-corrected chi connectivity index (χ2v) is 7.63. The Morgan fingerprint density at radius 1 is 0.906 bits per heavy atom. The van der Waals surface area contributed by atoms with Gasteiger partial charge in [-0.15, -0.1) is 0 Å². The van der Waals surface area contributed by atoms with Gasteiger partial charge in [0.25, 0.3) is 0 Å². The second kappa shape index (κ2) is 8.84. The molecular weight excluding hydrogens is 412 g/mol. The third kappa shape index (κ3) is 4.22. The summed E-state index contributed by atoms with van der Waals surface area (Å²) in [5, 5.41) is 3.36. The monoisotopic (exact) mass is 433 g/mol. The molecule has 6 nitrogen and oxygen atoms in total. The number of ether oxygens (including phenoxy) is 1. The van der Waals surface area contributed by atoms with Gasteiger partial charge in [0.1, 0.15) is 11.6 Å². The molecule has 0 atom stereocenters. The molecule has 1 aliphatic heterocycles. The standard InChI is InChI=1S/C24H21F2N5O/c25-17-7-5-15(6-8-17)21-22(31-23(30-21)16-9-12-27-13-10-16)19-11-14-28-24(29-19)32-20-4-2-1-3-18(20)26/h1-8,11,14,16,27H,9-10,12-13H2,(H,30,31). The van der Waals surface area contributed by atoms with Crippen molar-refractivity contribution in [2.75, 3.05) is 13.1 Å². The summed E-state index contributed by atoms with van der Waals surface area (Å²) in [5.41, 5.74) is 2.69. The number of nitrogens with one attached hydrogen (secondary N) is 2. The maximum absolute atomic E-state index is 14.0. The number of halogens is 2. The average molecular weight is 433 g/mol. The number of para-hydroxylation sites is 1. The summed E-state index contributed by atoms with van der Waals surface area (Å²) in [6.45, 7) is 1.86. The maximum atomic E-state index is 14.0. The molecule has 2 aromatic heterocycles. The first-order valence-corrected chi connectivity index (χ1v) is 10.5. The molecule has 0 bridgehead atoms. The number of hydrogen-bond acceptors (Lipinski definition) is 5. The van der Waals surface area contributed by atoms with Crippen molar-refractivity contribution >= 4 is 0 Å². The molecule has 162 valence electrons. The summed E-state index contributed by atoms with van der Waals surface area (Å²) in [6, 6.07) is 14.0. The smallest absolute Gasteiger partial charge is 0.322 e. The van der Waals surface area contributed by atoms with Gasteiger partial charge >= 0.3 is 6.01 Å². The summed E-state index contributed by atoms with van der Waals surface area (Å²) in [6.07, 6.45) is 3.50. The molecule has 1 aliphatic rings. The van der Waals surface area contributed by atoms with Crippen molar-refractivity contribution < 1.29 is 13.5 Å². The van der Waals surface area contributed by atoms with Gasteiger partial charge in [-0.2, -0.15) is 4.98 Å². The van der Waals surface area contributed by atoms with Crippen LogP contribution < -0.4 is 10.1 Å². The number of H-pyrrole nitrogens is 1. The lowest BCUT2D eigenvalue weighted by molar-refractivity contribution is 0.411. The van der Waals surface area contributed by atoms with Gasteiger partial charge in [0.2, 0.25) is 0 Å². The zero-order chi connectivity index (χ0) is 21.9. The number of benzene rings is 2. The molecule has 0 unspecified atom stereocenters. The van der Waals surface area contributed by atoms with E-state index in [1.807, 2.05) is 0 Å². The summed E-state index contributed by atoms with van der Waals surface area (Å²) < 4.78 is 33.1. The Labute approximate surface area is 183 Å². The van der Waals surface area contributed by atoms with Crippen LogP contribution in [0.1, 0.15) is 24.6 Å².